The second-order valence-electron chi connectivity index (χ2n) is 5.94. The number of nitrogens with two attached hydrogens (primary N) is 1. The Labute approximate surface area is 137 Å². The summed E-state index contributed by atoms with van der Waals surface area (Å²) < 4.78 is 0. The molecule has 0 saturated carbocycles. The van der Waals surface area contributed by atoms with E-state index in [0.717, 1.165) is 36.3 Å². The maximum absolute atomic E-state index is 6.03. The Bertz CT molecular complexity index is 691. The van der Waals surface area contributed by atoms with Crippen molar-refractivity contribution in [2.45, 2.75) is 39.0 Å². The third-order valence-corrected chi connectivity index (χ3v) is 4.14. The first-order chi connectivity index (χ1) is 11.2. The van der Waals surface area contributed by atoms with Crippen LogP contribution in [0.1, 0.15) is 35.4 Å². The molecule has 0 fully saturated rings. The van der Waals surface area contributed by atoms with Gasteiger partial charge in [0.25, 0.3) is 0 Å². The lowest BCUT2D eigenvalue weighted by Gasteiger charge is -2.19. The number of aromatic nitrogens is 2. The largest absolute Gasteiger partial charge is 0.370 e. The Morgan fingerprint density at radius 2 is 2.09 bits per heavy atom. The van der Waals surface area contributed by atoms with Crippen molar-refractivity contribution in [3.8, 4) is 0 Å². The van der Waals surface area contributed by atoms with Gasteiger partial charge in [0.05, 0.1) is 11.4 Å². The van der Waals surface area contributed by atoms with E-state index in [1.54, 1.807) is 12.4 Å². The molecule has 1 aromatic heterocycles. The summed E-state index contributed by atoms with van der Waals surface area (Å²) in [4.78, 5) is 13.0. The summed E-state index contributed by atoms with van der Waals surface area (Å²) in [7, 11) is 0. The summed E-state index contributed by atoms with van der Waals surface area (Å²) in [6.45, 7) is 2.53. The number of fused-ring (bicyclic) bond motifs is 1. The second kappa shape index (κ2) is 7.22. The minimum absolute atomic E-state index is 0.462. The molecule has 120 valence electrons. The quantitative estimate of drug-likeness (QED) is 0.672. The van der Waals surface area contributed by atoms with Crippen LogP contribution < -0.4 is 11.1 Å². The molecule has 0 amide bonds. The molecule has 2 aromatic rings. The van der Waals surface area contributed by atoms with Gasteiger partial charge in [-0.2, -0.15) is 0 Å². The SMILES string of the molecule is Cc1cnc(CCN=C(N)Nc2cccc3c2CCCC3)cn1. The maximum atomic E-state index is 6.03. The number of benzene rings is 1. The van der Waals surface area contributed by atoms with Gasteiger partial charge in [-0.25, -0.2) is 0 Å². The summed E-state index contributed by atoms with van der Waals surface area (Å²) in [5.74, 6) is 0.462. The van der Waals surface area contributed by atoms with E-state index in [4.69, 9.17) is 5.73 Å². The molecule has 23 heavy (non-hydrogen) atoms. The minimum atomic E-state index is 0.462. The number of rotatable bonds is 4. The number of nitrogens with zero attached hydrogens (tertiary/aromatic N) is 3. The second-order valence-corrected chi connectivity index (χ2v) is 5.94. The Balaban J connectivity index is 1.60. The van der Waals surface area contributed by atoms with Crippen molar-refractivity contribution in [1.82, 2.24) is 9.97 Å². The van der Waals surface area contributed by atoms with Gasteiger partial charge in [0, 0.05) is 31.0 Å². The fourth-order valence-corrected chi connectivity index (χ4v) is 2.92. The Kier molecular flexibility index (Phi) is 4.86. The Morgan fingerprint density at radius 1 is 1.22 bits per heavy atom. The molecule has 1 aliphatic carbocycles. The van der Waals surface area contributed by atoms with Gasteiger partial charge >= 0.3 is 0 Å². The zero-order valence-corrected chi connectivity index (χ0v) is 13.5. The number of aryl methyl sites for hydroxylation is 2. The molecule has 0 bridgehead atoms. The van der Waals surface area contributed by atoms with Crippen molar-refractivity contribution >= 4 is 11.6 Å². The van der Waals surface area contributed by atoms with Crippen LogP contribution in [0.2, 0.25) is 0 Å². The molecule has 5 heteroatoms. The average molecular weight is 309 g/mol. The number of hydrogen-bond acceptors (Lipinski definition) is 3. The first-order valence-electron chi connectivity index (χ1n) is 8.17. The standard InChI is InChI=1S/C18H23N5/c1-13-11-22-15(12-21-13)9-10-20-18(19)23-17-8-4-6-14-5-2-3-7-16(14)17/h4,6,8,11-12H,2-3,5,7,9-10H2,1H3,(H3,19,20,23). The van der Waals surface area contributed by atoms with E-state index in [0.29, 0.717) is 12.5 Å². The van der Waals surface area contributed by atoms with Crippen LogP contribution in [0, 0.1) is 6.92 Å². The smallest absolute Gasteiger partial charge is 0.193 e. The highest BCUT2D eigenvalue weighted by atomic mass is 15.1. The molecular weight excluding hydrogens is 286 g/mol. The minimum Gasteiger partial charge on any atom is -0.370 e. The van der Waals surface area contributed by atoms with E-state index in [9.17, 15) is 0 Å². The zero-order valence-electron chi connectivity index (χ0n) is 13.5. The van der Waals surface area contributed by atoms with Gasteiger partial charge in [0.2, 0.25) is 0 Å². The number of guanidine groups is 1. The highest BCUT2D eigenvalue weighted by Crippen LogP contribution is 2.27. The monoisotopic (exact) mass is 309 g/mol. The summed E-state index contributed by atoms with van der Waals surface area (Å²) in [5, 5.41) is 3.26. The van der Waals surface area contributed by atoms with E-state index >= 15 is 0 Å². The van der Waals surface area contributed by atoms with E-state index in [1.807, 2.05) is 6.92 Å². The van der Waals surface area contributed by atoms with Gasteiger partial charge in [0.15, 0.2) is 5.96 Å². The van der Waals surface area contributed by atoms with Gasteiger partial charge in [-0.15, -0.1) is 0 Å². The third-order valence-electron chi connectivity index (χ3n) is 4.14. The van der Waals surface area contributed by atoms with E-state index in [-0.39, 0.29) is 0 Å². The van der Waals surface area contributed by atoms with E-state index in [1.165, 1.54) is 24.0 Å². The van der Waals surface area contributed by atoms with E-state index < -0.39 is 0 Å². The van der Waals surface area contributed by atoms with Crippen molar-refractivity contribution in [3.63, 3.8) is 0 Å². The van der Waals surface area contributed by atoms with E-state index in [2.05, 4.69) is 38.5 Å². The number of hydrogen-bond donors (Lipinski definition) is 2. The van der Waals surface area contributed by atoms with Crippen LogP contribution >= 0.6 is 0 Å². The molecule has 0 aliphatic heterocycles. The Morgan fingerprint density at radius 3 is 2.91 bits per heavy atom. The van der Waals surface area contributed by atoms with Crippen LogP contribution in [-0.2, 0) is 19.3 Å². The van der Waals surface area contributed by atoms with Crippen molar-refractivity contribution in [2.24, 2.45) is 10.7 Å². The summed E-state index contributed by atoms with van der Waals surface area (Å²) >= 11 is 0. The predicted molar refractivity (Wildman–Crippen MR) is 93.7 cm³/mol. The fourth-order valence-electron chi connectivity index (χ4n) is 2.92. The molecule has 0 atom stereocenters. The molecule has 3 N–H and O–H groups in total. The molecule has 0 saturated heterocycles. The molecule has 1 aromatic carbocycles. The number of aliphatic imine (C=N–C) groups is 1. The highest BCUT2D eigenvalue weighted by Gasteiger charge is 2.12. The molecule has 0 radical (unpaired) electrons. The summed E-state index contributed by atoms with van der Waals surface area (Å²) in [5.41, 5.74) is 11.8. The Hall–Kier alpha value is -2.43. The van der Waals surface area contributed by atoms with Crippen LogP contribution in [0.5, 0.6) is 0 Å². The van der Waals surface area contributed by atoms with Gasteiger partial charge in [-0.1, -0.05) is 12.1 Å². The molecule has 0 unspecified atom stereocenters. The molecule has 0 spiro atoms. The summed E-state index contributed by atoms with van der Waals surface area (Å²) in [6, 6.07) is 6.38. The average Bonchev–Trinajstić information content (AvgIpc) is 2.57. The molecule has 3 rings (SSSR count). The van der Waals surface area contributed by atoms with Crippen LogP contribution in [0.15, 0.2) is 35.6 Å². The number of anilines is 1. The highest BCUT2D eigenvalue weighted by molar-refractivity contribution is 5.93. The maximum Gasteiger partial charge on any atom is 0.193 e. The molecule has 1 aliphatic rings. The first-order valence-corrected chi connectivity index (χ1v) is 8.17. The van der Waals surface area contributed by atoms with Crippen LogP contribution in [0.4, 0.5) is 5.69 Å². The van der Waals surface area contributed by atoms with Crippen LogP contribution in [0.3, 0.4) is 0 Å². The summed E-state index contributed by atoms with van der Waals surface area (Å²) in [6.07, 6.45) is 9.10. The lowest BCUT2D eigenvalue weighted by atomic mass is 9.90. The normalized spacial score (nSPS) is 14.4. The molecular formula is C18H23N5. The molecule has 1 heterocycles. The lowest BCUT2D eigenvalue weighted by molar-refractivity contribution is 0.687. The van der Waals surface area contributed by atoms with Gasteiger partial charge in [0.1, 0.15) is 0 Å². The topological polar surface area (TPSA) is 76.2 Å². The van der Waals surface area contributed by atoms with Gasteiger partial charge < -0.3 is 11.1 Å². The predicted octanol–water partition coefficient (Wildman–Crippen LogP) is 2.63. The van der Waals surface area contributed by atoms with Crippen molar-refractivity contribution in [3.05, 3.63) is 53.1 Å². The first kappa shape index (κ1) is 15.5. The van der Waals surface area contributed by atoms with Gasteiger partial charge in [-0.05, 0) is 49.8 Å². The lowest BCUT2D eigenvalue weighted by Crippen LogP contribution is -2.24. The molecule has 5 nitrogen and oxygen atoms in total. The van der Waals surface area contributed by atoms with Gasteiger partial charge in [-0.3, -0.25) is 15.0 Å². The van der Waals surface area contributed by atoms with Crippen molar-refractivity contribution in [2.75, 3.05) is 11.9 Å². The fraction of sp³-hybridized carbons (Fsp3) is 0.389. The van der Waals surface area contributed by atoms with Crippen LogP contribution in [-0.4, -0.2) is 22.5 Å². The van der Waals surface area contributed by atoms with Crippen molar-refractivity contribution in [1.29, 1.82) is 0 Å². The third kappa shape index (κ3) is 4.06. The zero-order chi connectivity index (χ0) is 16.1. The van der Waals surface area contributed by atoms with Crippen LogP contribution in [0.25, 0.3) is 0 Å². The number of nitrogens with one attached hydrogen (secondary N) is 1. The van der Waals surface area contributed by atoms with Crippen molar-refractivity contribution < 1.29 is 0 Å².